The number of rotatable bonds is 3. The lowest BCUT2D eigenvalue weighted by molar-refractivity contribution is 0.537. The van der Waals surface area contributed by atoms with Crippen molar-refractivity contribution in [3.05, 3.63) is 47.0 Å². The highest BCUT2D eigenvalue weighted by molar-refractivity contribution is 7.71. The third kappa shape index (κ3) is 1.97. The number of aromatic amines is 1. The molecule has 0 saturated heterocycles. The van der Waals surface area contributed by atoms with Gasteiger partial charge in [0.2, 0.25) is 0 Å². The Morgan fingerprint density at radius 3 is 2.89 bits per heavy atom. The molecule has 1 aromatic carbocycles. The Kier molecular flexibility index (Phi) is 2.76. The van der Waals surface area contributed by atoms with E-state index in [1.165, 1.54) is 5.56 Å². The van der Waals surface area contributed by atoms with Crippen LogP contribution in [-0.4, -0.2) is 19.3 Å². The minimum Gasteiger partial charge on any atom is -0.331 e. The number of nitrogens with zero attached hydrogens (tertiary/aromatic N) is 3. The van der Waals surface area contributed by atoms with Gasteiger partial charge in [0.25, 0.3) is 0 Å². The molecule has 3 rings (SSSR count). The van der Waals surface area contributed by atoms with E-state index in [4.69, 9.17) is 12.2 Å². The first kappa shape index (κ1) is 11.2. The van der Waals surface area contributed by atoms with Gasteiger partial charge in [-0.25, -0.2) is 0 Å². The first-order valence-electron chi connectivity index (χ1n) is 5.90. The van der Waals surface area contributed by atoms with Gasteiger partial charge in [0.05, 0.1) is 23.8 Å². The predicted molar refractivity (Wildman–Crippen MR) is 74.1 cm³/mol. The van der Waals surface area contributed by atoms with Crippen molar-refractivity contribution < 1.29 is 0 Å². The highest BCUT2D eigenvalue weighted by atomic mass is 32.1. The SMILES string of the molecule is Cc1cnn(CCn2c(=S)[nH]c3ccccc32)c1. The number of aryl methyl sites for hydroxylation is 3. The van der Waals surface area contributed by atoms with E-state index in [-0.39, 0.29) is 0 Å². The third-order valence-electron chi connectivity index (χ3n) is 3.00. The van der Waals surface area contributed by atoms with E-state index in [0.29, 0.717) is 0 Å². The van der Waals surface area contributed by atoms with Crippen LogP contribution in [-0.2, 0) is 13.1 Å². The second kappa shape index (κ2) is 4.42. The van der Waals surface area contributed by atoms with Crippen molar-refractivity contribution in [3.8, 4) is 0 Å². The lowest BCUT2D eigenvalue weighted by Crippen LogP contribution is -2.07. The summed E-state index contributed by atoms with van der Waals surface area (Å²) in [6, 6.07) is 8.16. The monoisotopic (exact) mass is 258 g/mol. The van der Waals surface area contributed by atoms with E-state index in [9.17, 15) is 0 Å². The van der Waals surface area contributed by atoms with E-state index in [1.54, 1.807) is 0 Å². The molecule has 0 bridgehead atoms. The van der Waals surface area contributed by atoms with Gasteiger partial charge in [0.1, 0.15) is 0 Å². The van der Waals surface area contributed by atoms with Crippen LogP contribution in [0.1, 0.15) is 5.56 Å². The molecule has 0 aliphatic carbocycles. The number of nitrogens with one attached hydrogen (secondary N) is 1. The standard InChI is InChI=1S/C13H14N4S/c1-10-8-14-16(9-10)6-7-17-12-5-3-2-4-11(12)15-13(17)18/h2-5,8-9H,6-7H2,1H3,(H,15,18). The van der Waals surface area contributed by atoms with Crippen molar-refractivity contribution in [2.24, 2.45) is 0 Å². The van der Waals surface area contributed by atoms with Crippen LogP contribution in [0.5, 0.6) is 0 Å². The molecule has 0 amide bonds. The number of aromatic nitrogens is 4. The maximum atomic E-state index is 5.35. The van der Waals surface area contributed by atoms with Gasteiger partial charge < -0.3 is 9.55 Å². The maximum Gasteiger partial charge on any atom is 0.178 e. The van der Waals surface area contributed by atoms with Gasteiger partial charge in [-0.2, -0.15) is 5.10 Å². The molecule has 2 heterocycles. The van der Waals surface area contributed by atoms with Crippen molar-refractivity contribution >= 4 is 23.3 Å². The molecule has 18 heavy (non-hydrogen) atoms. The molecule has 92 valence electrons. The molecule has 5 heteroatoms. The molecular weight excluding hydrogens is 244 g/mol. The fourth-order valence-electron chi connectivity index (χ4n) is 2.12. The summed E-state index contributed by atoms with van der Waals surface area (Å²) in [5.41, 5.74) is 3.41. The van der Waals surface area contributed by atoms with Gasteiger partial charge in [-0.1, -0.05) is 12.1 Å². The van der Waals surface area contributed by atoms with Crippen LogP contribution >= 0.6 is 12.2 Å². The Morgan fingerprint density at radius 2 is 2.11 bits per heavy atom. The van der Waals surface area contributed by atoms with Crippen LogP contribution in [0.25, 0.3) is 11.0 Å². The van der Waals surface area contributed by atoms with Crippen molar-refractivity contribution in [1.29, 1.82) is 0 Å². The highest BCUT2D eigenvalue weighted by Gasteiger charge is 2.03. The minimum atomic E-state index is 0.764. The largest absolute Gasteiger partial charge is 0.331 e. The summed E-state index contributed by atoms with van der Waals surface area (Å²) < 4.78 is 4.82. The molecule has 0 saturated carbocycles. The summed E-state index contributed by atoms with van der Waals surface area (Å²) in [5, 5.41) is 4.28. The average molecular weight is 258 g/mol. The predicted octanol–water partition coefficient (Wildman–Crippen LogP) is 2.90. The zero-order valence-corrected chi connectivity index (χ0v) is 10.9. The number of para-hydroxylation sites is 2. The lowest BCUT2D eigenvalue weighted by atomic mass is 10.3. The Hall–Kier alpha value is -1.88. The fourth-order valence-corrected chi connectivity index (χ4v) is 2.42. The second-order valence-corrected chi connectivity index (χ2v) is 4.77. The van der Waals surface area contributed by atoms with Crippen molar-refractivity contribution in [2.45, 2.75) is 20.0 Å². The summed E-state index contributed by atoms with van der Waals surface area (Å²) in [4.78, 5) is 3.22. The van der Waals surface area contributed by atoms with Gasteiger partial charge in [-0.3, -0.25) is 4.68 Å². The number of imidazole rings is 1. The van der Waals surface area contributed by atoms with Crippen LogP contribution in [0.2, 0.25) is 0 Å². The molecule has 0 fully saturated rings. The second-order valence-electron chi connectivity index (χ2n) is 4.38. The van der Waals surface area contributed by atoms with Crippen molar-refractivity contribution in [2.75, 3.05) is 0 Å². The fraction of sp³-hybridized carbons (Fsp3) is 0.231. The van der Waals surface area contributed by atoms with Crippen molar-refractivity contribution in [3.63, 3.8) is 0 Å². The van der Waals surface area contributed by atoms with Crippen LogP contribution in [0.4, 0.5) is 0 Å². The summed E-state index contributed by atoms with van der Waals surface area (Å²) in [5.74, 6) is 0. The first-order chi connectivity index (χ1) is 8.74. The number of fused-ring (bicyclic) bond motifs is 1. The van der Waals surface area contributed by atoms with Crippen LogP contribution < -0.4 is 0 Å². The smallest absolute Gasteiger partial charge is 0.178 e. The van der Waals surface area contributed by atoms with Gasteiger partial charge in [0.15, 0.2) is 4.77 Å². The van der Waals surface area contributed by atoms with Gasteiger partial charge in [0, 0.05) is 12.7 Å². The molecule has 3 aromatic rings. The Balaban J connectivity index is 1.90. The molecule has 0 aliphatic rings. The van der Waals surface area contributed by atoms with Crippen LogP contribution in [0.3, 0.4) is 0 Å². The van der Waals surface area contributed by atoms with Crippen molar-refractivity contribution in [1.82, 2.24) is 19.3 Å². The number of hydrogen-bond donors (Lipinski definition) is 1. The highest BCUT2D eigenvalue weighted by Crippen LogP contribution is 2.13. The van der Waals surface area contributed by atoms with E-state index >= 15 is 0 Å². The number of hydrogen-bond acceptors (Lipinski definition) is 2. The maximum absolute atomic E-state index is 5.35. The van der Waals surface area contributed by atoms with Crippen LogP contribution in [0.15, 0.2) is 36.7 Å². The van der Waals surface area contributed by atoms with E-state index in [1.807, 2.05) is 42.2 Å². The van der Waals surface area contributed by atoms with Gasteiger partial charge in [-0.15, -0.1) is 0 Å². The Bertz CT molecular complexity index is 735. The number of benzene rings is 1. The minimum absolute atomic E-state index is 0.764. The van der Waals surface area contributed by atoms with Gasteiger partial charge >= 0.3 is 0 Å². The van der Waals surface area contributed by atoms with E-state index in [0.717, 1.165) is 28.9 Å². The van der Waals surface area contributed by atoms with Crippen LogP contribution in [0, 0.1) is 11.7 Å². The zero-order chi connectivity index (χ0) is 12.5. The third-order valence-corrected chi connectivity index (χ3v) is 3.32. The lowest BCUT2D eigenvalue weighted by Gasteiger charge is -2.04. The molecule has 0 atom stereocenters. The van der Waals surface area contributed by atoms with E-state index < -0.39 is 0 Å². The quantitative estimate of drug-likeness (QED) is 0.734. The van der Waals surface area contributed by atoms with Gasteiger partial charge in [-0.05, 0) is 36.8 Å². The molecule has 0 unspecified atom stereocenters. The molecule has 1 N–H and O–H groups in total. The molecule has 4 nitrogen and oxygen atoms in total. The molecule has 0 radical (unpaired) electrons. The summed E-state index contributed by atoms with van der Waals surface area (Å²) in [6.07, 6.45) is 3.91. The molecule has 0 spiro atoms. The zero-order valence-electron chi connectivity index (χ0n) is 10.1. The topological polar surface area (TPSA) is 38.5 Å². The summed E-state index contributed by atoms with van der Waals surface area (Å²) in [7, 11) is 0. The molecular formula is C13H14N4S. The number of H-pyrrole nitrogens is 1. The Labute approximate surface area is 110 Å². The Morgan fingerprint density at radius 1 is 1.28 bits per heavy atom. The van der Waals surface area contributed by atoms with E-state index in [2.05, 4.69) is 20.7 Å². The summed E-state index contributed by atoms with van der Waals surface area (Å²) in [6.45, 7) is 3.69. The normalized spacial score (nSPS) is 11.2. The molecule has 2 aromatic heterocycles. The first-order valence-corrected chi connectivity index (χ1v) is 6.31. The summed E-state index contributed by atoms with van der Waals surface area (Å²) >= 11 is 5.35. The average Bonchev–Trinajstić information content (AvgIpc) is 2.90. The molecule has 0 aliphatic heterocycles.